The lowest BCUT2D eigenvalue weighted by Gasteiger charge is -2.34. The number of nitrogens with zero attached hydrogens (tertiary/aromatic N) is 1. The smallest absolute Gasteiger partial charge is 0.325 e. The summed E-state index contributed by atoms with van der Waals surface area (Å²) >= 11 is 0. The quantitative estimate of drug-likeness (QED) is 0.315. The van der Waals surface area contributed by atoms with Crippen molar-refractivity contribution in [3.8, 4) is 0 Å². The molecule has 0 saturated heterocycles. The highest BCUT2D eigenvalue weighted by Gasteiger charge is 2.27. The van der Waals surface area contributed by atoms with Gasteiger partial charge in [-0.05, 0) is 78.2 Å². The Hall–Kier alpha value is -2.17. The van der Waals surface area contributed by atoms with Gasteiger partial charge in [0, 0.05) is 5.71 Å². The zero-order valence-electron chi connectivity index (χ0n) is 19.1. The van der Waals surface area contributed by atoms with Crippen LogP contribution in [0.2, 0.25) is 0 Å². The van der Waals surface area contributed by atoms with Crippen molar-refractivity contribution in [1.29, 1.82) is 0 Å². The molecule has 1 aliphatic rings. The number of aliphatic carboxylic acids is 1. The predicted molar refractivity (Wildman–Crippen MR) is 120 cm³/mol. The molecule has 1 amide bonds. The van der Waals surface area contributed by atoms with E-state index in [1.807, 2.05) is 19.1 Å². The molecule has 5 heteroatoms. The summed E-state index contributed by atoms with van der Waals surface area (Å²) in [6.07, 6.45) is 11.9. The van der Waals surface area contributed by atoms with Crippen molar-refractivity contribution >= 4 is 17.6 Å². The molecule has 0 heterocycles. The lowest BCUT2D eigenvalue weighted by molar-refractivity contribution is -0.141. The Labute approximate surface area is 176 Å². The van der Waals surface area contributed by atoms with Gasteiger partial charge in [0.05, 0.1) is 0 Å². The van der Waals surface area contributed by atoms with E-state index in [4.69, 9.17) is 5.11 Å². The van der Waals surface area contributed by atoms with Crippen molar-refractivity contribution in [3.63, 3.8) is 0 Å². The molecule has 0 aromatic rings. The Morgan fingerprint density at radius 1 is 1.28 bits per heavy atom. The van der Waals surface area contributed by atoms with Gasteiger partial charge in [0.2, 0.25) is 5.91 Å². The number of carbonyl (C=O) groups is 2. The van der Waals surface area contributed by atoms with Crippen LogP contribution in [0.25, 0.3) is 0 Å². The third-order valence-corrected chi connectivity index (χ3v) is 5.68. The molecule has 0 bridgehead atoms. The first-order valence-corrected chi connectivity index (χ1v) is 10.5. The number of carboxylic acid groups (broad SMARTS) is 1. The van der Waals surface area contributed by atoms with E-state index in [9.17, 15) is 9.59 Å². The monoisotopic (exact) mass is 402 g/mol. The Bertz CT molecular complexity index is 726. The molecule has 2 N–H and O–H groups in total. The van der Waals surface area contributed by atoms with Crippen LogP contribution in [0.15, 0.2) is 39.9 Å². The largest absolute Gasteiger partial charge is 0.480 e. The van der Waals surface area contributed by atoms with Crippen LogP contribution in [0.3, 0.4) is 0 Å². The fourth-order valence-electron chi connectivity index (χ4n) is 3.79. The van der Waals surface area contributed by atoms with E-state index in [0.717, 1.165) is 18.6 Å². The van der Waals surface area contributed by atoms with Crippen molar-refractivity contribution in [2.24, 2.45) is 10.4 Å². The van der Waals surface area contributed by atoms with E-state index in [1.165, 1.54) is 31.8 Å². The van der Waals surface area contributed by atoms with Gasteiger partial charge in [0.1, 0.15) is 12.1 Å². The van der Waals surface area contributed by atoms with E-state index in [2.05, 4.69) is 44.1 Å². The van der Waals surface area contributed by atoms with Crippen LogP contribution in [0.1, 0.15) is 80.6 Å². The standard InChI is InChI=1S/C24H38N2O3/c1-16(13-14-21-17(2)11-9-15-24(21,6)7)10-8-12-18(3)25-19(4)22(27)26-20(5)23(28)29/h8,10,12,19-20H,9,11,13-15H2,1-7H3,(H,26,27)(H,28,29)/b12-8+,16-10+,25-18?/t19-,20-/m0/s1. The van der Waals surface area contributed by atoms with E-state index in [-0.39, 0.29) is 0 Å². The molecule has 0 spiro atoms. The van der Waals surface area contributed by atoms with E-state index >= 15 is 0 Å². The molecule has 162 valence electrons. The molecule has 0 fully saturated rings. The molecule has 29 heavy (non-hydrogen) atoms. The van der Waals surface area contributed by atoms with Crippen LogP contribution in [0.5, 0.6) is 0 Å². The van der Waals surface area contributed by atoms with Crippen LogP contribution in [-0.4, -0.2) is 34.8 Å². The highest BCUT2D eigenvalue weighted by atomic mass is 16.4. The van der Waals surface area contributed by atoms with Crippen molar-refractivity contribution < 1.29 is 14.7 Å². The fraction of sp³-hybridized carbons (Fsp3) is 0.625. The van der Waals surface area contributed by atoms with Gasteiger partial charge in [-0.3, -0.25) is 14.6 Å². The SMILES string of the molecule is CC(/C=C/C=C(\C)CCC1=C(C)CCCC1(C)C)=N[C@@H](C)C(=O)N[C@@H](C)C(=O)O. The average Bonchev–Trinajstić information content (AvgIpc) is 2.60. The third-order valence-electron chi connectivity index (χ3n) is 5.68. The van der Waals surface area contributed by atoms with Gasteiger partial charge in [-0.1, -0.05) is 42.7 Å². The predicted octanol–water partition coefficient (Wildman–Crippen LogP) is 5.23. The number of rotatable bonds is 9. The molecular formula is C24H38N2O3. The Balaban J connectivity index is 2.61. The number of hydrogen-bond donors (Lipinski definition) is 2. The minimum atomic E-state index is -1.06. The van der Waals surface area contributed by atoms with E-state index in [0.29, 0.717) is 5.41 Å². The van der Waals surface area contributed by atoms with Crippen LogP contribution in [-0.2, 0) is 9.59 Å². The molecule has 1 aliphatic carbocycles. The summed E-state index contributed by atoms with van der Waals surface area (Å²) in [6.45, 7) is 14.1. The second-order valence-electron chi connectivity index (χ2n) is 8.88. The number of amides is 1. The first-order valence-electron chi connectivity index (χ1n) is 10.5. The summed E-state index contributed by atoms with van der Waals surface area (Å²) in [4.78, 5) is 27.1. The first kappa shape index (κ1) is 24.9. The van der Waals surface area contributed by atoms with Crippen LogP contribution in [0, 0.1) is 5.41 Å². The van der Waals surface area contributed by atoms with Crippen molar-refractivity contribution in [2.45, 2.75) is 92.7 Å². The van der Waals surface area contributed by atoms with Gasteiger partial charge in [-0.2, -0.15) is 0 Å². The second-order valence-corrected chi connectivity index (χ2v) is 8.88. The van der Waals surface area contributed by atoms with Crippen LogP contribution in [0.4, 0.5) is 0 Å². The summed E-state index contributed by atoms with van der Waals surface area (Å²) < 4.78 is 0. The van der Waals surface area contributed by atoms with E-state index < -0.39 is 24.0 Å². The summed E-state index contributed by atoms with van der Waals surface area (Å²) in [5.74, 6) is -1.45. The summed E-state index contributed by atoms with van der Waals surface area (Å²) in [5.41, 5.74) is 5.55. The van der Waals surface area contributed by atoms with E-state index in [1.54, 1.807) is 18.1 Å². The number of carbonyl (C=O) groups excluding carboxylic acids is 1. The second kappa shape index (κ2) is 11.1. The zero-order chi connectivity index (χ0) is 22.2. The molecule has 0 radical (unpaired) electrons. The van der Waals surface area contributed by atoms with Gasteiger partial charge >= 0.3 is 5.97 Å². The third kappa shape index (κ3) is 8.38. The summed E-state index contributed by atoms with van der Waals surface area (Å²) in [5, 5.41) is 11.3. The number of allylic oxidation sites excluding steroid dienone is 6. The molecule has 0 unspecified atom stereocenters. The molecule has 0 saturated carbocycles. The topological polar surface area (TPSA) is 78.8 Å². The number of aliphatic imine (C=N–C) groups is 1. The van der Waals surface area contributed by atoms with Gasteiger partial charge in [-0.25, -0.2) is 0 Å². The van der Waals surface area contributed by atoms with Crippen molar-refractivity contribution in [3.05, 3.63) is 34.9 Å². The molecular weight excluding hydrogens is 364 g/mol. The zero-order valence-corrected chi connectivity index (χ0v) is 19.1. The summed E-state index contributed by atoms with van der Waals surface area (Å²) in [7, 11) is 0. The maximum Gasteiger partial charge on any atom is 0.325 e. The number of carboxylic acids is 1. The van der Waals surface area contributed by atoms with Crippen LogP contribution >= 0.6 is 0 Å². The number of hydrogen-bond acceptors (Lipinski definition) is 3. The summed E-state index contributed by atoms with van der Waals surface area (Å²) in [6, 6.07) is -1.55. The average molecular weight is 403 g/mol. The van der Waals surface area contributed by atoms with Gasteiger partial charge in [0.15, 0.2) is 0 Å². The van der Waals surface area contributed by atoms with Crippen LogP contribution < -0.4 is 5.32 Å². The lowest BCUT2D eigenvalue weighted by atomic mass is 9.71. The minimum absolute atomic E-state index is 0.316. The molecule has 0 aromatic carbocycles. The Morgan fingerprint density at radius 3 is 2.52 bits per heavy atom. The molecule has 0 aromatic heterocycles. The number of nitrogens with one attached hydrogen (secondary N) is 1. The molecule has 0 aliphatic heterocycles. The normalized spacial score (nSPS) is 20.0. The van der Waals surface area contributed by atoms with Gasteiger partial charge in [-0.15, -0.1) is 0 Å². The lowest BCUT2D eigenvalue weighted by Crippen LogP contribution is -2.42. The van der Waals surface area contributed by atoms with Crippen molar-refractivity contribution in [2.75, 3.05) is 0 Å². The maximum atomic E-state index is 12.0. The maximum absolute atomic E-state index is 12.0. The highest BCUT2D eigenvalue weighted by Crippen LogP contribution is 2.42. The molecule has 2 atom stereocenters. The molecule has 5 nitrogen and oxygen atoms in total. The fourth-order valence-corrected chi connectivity index (χ4v) is 3.79. The molecule has 1 rings (SSSR count). The Morgan fingerprint density at radius 2 is 1.93 bits per heavy atom. The van der Waals surface area contributed by atoms with Gasteiger partial charge in [0.25, 0.3) is 0 Å². The van der Waals surface area contributed by atoms with Gasteiger partial charge < -0.3 is 10.4 Å². The Kier molecular flexibility index (Phi) is 9.54. The first-order chi connectivity index (χ1) is 13.4. The highest BCUT2D eigenvalue weighted by molar-refractivity contribution is 5.95. The van der Waals surface area contributed by atoms with Crippen molar-refractivity contribution in [1.82, 2.24) is 5.32 Å². The minimum Gasteiger partial charge on any atom is -0.480 e.